The number of aliphatic hydroxyl groups excluding tert-OH is 1. The van der Waals surface area contributed by atoms with E-state index >= 15 is 0 Å². The smallest absolute Gasteiger partial charge is 0.223 e. The Balaban J connectivity index is 1.98. The first-order chi connectivity index (χ1) is 7.19. The van der Waals surface area contributed by atoms with Crippen LogP contribution in [-0.2, 0) is 11.3 Å². The van der Waals surface area contributed by atoms with Crippen LogP contribution in [0.4, 0.5) is 0 Å². The number of amides is 1. The number of carbonyl (C=O) groups excluding carboxylic acids is 1. The number of hydrogen-bond donors (Lipinski definition) is 1. The zero-order valence-electron chi connectivity index (χ0n) is 8.64. The van der Waals surface area contributed by atoms with Gasteiger partial charge in [-0.15, -0.1) is 11.3 Å². The average Bonchev–Trinajstić information content (AvgIpc) is 2.75. The lowest BCUT2D eigenvalue weighted by Crippen LogP contribution is -2.24. The summed E-state index contributed by atoms with van der Waals surface area (Å²) in [5, 5.41) is 11.9. The summed E-state index contributed by atoms with van der Waals surface area (Å²) in [5.41, 5.74) is 1.00. The van der Waals surface area contributed by atoms with Crippen LogP contribution in [0.3, 0.4) is 0 Å². The fraction of sp³-hybridized carbons (Fsp3) is 0.600. The molecule has 4 nitrogen and oxygen atoms in total. The van der Waals surface area contributed by atoms with E-state index in [0.29, 0.717) is 19.5 Å². The van der Waals surface area contributed by atoms with Gasteiger partial charge in [0.15, 0.2) is 0 Å². The molecular weight excluding hydrogens is 212 g/mol. The van der Waals surface area contributed by atoms with Crippen molar-refractivity contribution >= 4 is 17.2 Å². The van der Waals surface area contributed by atoms with Crippen molar-refractivity contribution in [3.8, 4) is 0 Å². The summed E-state index contributed by atoms with van der Waals surface area (Å²) < 4.78 is 0. The largest absolute Gasteiger partial charge is 0.396 e. The van der Waals surface area contributed by atoms with E-state index in [9.17, 15) is 4.79 Å². The minimum absolute atomic E-state index is 0.0964. The summed E-state index contributed by atoms with van der Waals surface area (Å²) in [5.74, 6) is 0.237. The van der Waals surface area contributed by atoms with Gasteiger partial charge in [-0.25, -0.2) is 4.98 Å². The number of aromatic nitrogens is 1. The molecule has 1 aliphatic heterocycles. The van der Waals surface area contributed by atoms with E-state index < -0.39 is 0 Å². The van der Waals surface area contributed by atoms with Crippen LogP contribution in [-0.4, -0.2) is 34.0 Å². The van der Waals surface area contributed by atoms with Crippen LogP contribution in [0.15, 0.2) is 5.38 Å². The normalized spacial score (nSPS) is 21.3. The molecule has 0 aliphatic carbocycles. The molecule has 0 bridgehead atoms. The van der Waals surface area contributed by atoms with Crippen molar-refractivity contribution in [2.75, 3.05) is 13.2 Å². The Morgan fingerprint density at radius 1 is 1.73 bits per heavy atom. The summed E-state index contributed by atoms with van der Waals surface area (Å²) in [6.45, 7) is 3.29. The summed E-state index contributed by atoms with van der Waals surface area (Å²) >= 11 is 1.58. The minimum Gasteiger partial charge on any atom is -0.396 e. The van der Waals surface area contributed by atoms with Crippen LogP contribution in [0.5, 0.6) is 0 Å². The summed E-state index contributed by atoms with van der Waals surface area (Å²) in [6.07, 6.45) is 0.473. The molecule has 0 aromatic carbocycles. The molecule has 2 rings (SSSR count). The Morgan fingerprint density at radius 2 is 2.53 bits per heavy atom. The highest BCUT2D eigenvalue weighted by Crippen LogP contribution is 2.20. The molecule has 1 fully saturated rings. The van der Waals surface area contributed by atoms with Crippen molar-refractivity contribution in [3.05, 3.63) is 16.1 Å². The molecule has 1 N–H and O–H groups in total. The van der Waals surface area contributed by atoms with Gasteiger partial charge in [-0.05, 0) is 6.92 Å². The lowest BCUT2D eigenvalue weighted by molar-refractivity contribution is -0.128. The van der Waals surface area contributed by atoms with Gasteiger partial charge in [0.2, 0.25) is 5.91 Å². The molecule has 1 unspecified atom stereocenters. The maximum Gasteiger partial charge on any atom is 0.223 e. The van der Waals surface area contributed by atoms with Crippen LogP contribution in [0.1, 0.15) is 17.1 Å². The highest BCUT2D eigenvalue weighted by molar-refractivity contribution is 7.09. The van der Waals surface area contributed by atoms with Crippen LogP contribution in [0.2, 0.25) is 0 Å². The number of aryl methyl sites for hydroxylation is 1. The Bertz CT molecular complexity index is 364. The van der Waals surface area contributed by atoms with Gasteiger partial charge in [0, 0.05) is 36.6 Å². The number of hydrogen-bond acceptors (Lipinski definition) is 4. The third-order valence-corrected chi connectivity index (χ3v) is 3.50. The van der Waals surface area contributed by atoms with Crippen molar-refractivity contribution in [2.45, 2.75) is 19.9 Å². The maximum absolute atomic E-state index is 11.5. The van der Waals surface area contributed by atoms with Crippen LogP contribution in [0, 0.1) is 12.8 Å². The Hall–Kier alpha value is -0.940. The van der Waals surface area contributed by atoms with Gasteiger partial charge in [-0.2, -0.15) is 0 Å². The molecule has 15 heavy (non-hydrogen) atoms. The standard InChI is InChI=1S/C10H14N2O2S/c1-7-6-15-9(11-7)4-12-3-8(5-13)2-10(12)14/h6,8,13H,2-5H2,1H3. The van der Waals surface area contributed by atoms with Crippen molar-refractivity contribution < 1.29 is 9.90 Å². The van der Waals surface area contributed by atoms with Crippen LogP contribution < -0.4 is 0 Å². The van der Waals surface area contributed by atoms with E-state index in [1.807, 2.05) is 12.3 Å². The van der Waals surface area contributed by atoms with E-state index in [0.717, 1.165) is 10.7 Å². The number of nitrogens with zero attached hydrogens (tertiary/aromatic N) is 2. The third kappa shape index (κ3) is 2.35. The minimum atomic E-state index is 0.0964. The fourth-order valence-electron chi connectivity index (χ4n) is 1.77. The number of thiazole rings is 1. The summed E-state index contributed by atoms with van der Waals surface area (Å²) in [6, 6.07) is 0. The van der Waals surface area contributed by atoms with Gasteiger partial charge in [0.05, 0.1) is 6.54 Å². The fourth-order valence-corrected chi connectivity index (χ4v) is 2.55. The van der Waals surface area contributed by atoms with E-state index in [1.54, 1.807) is 16.2 Å². The summed E-state index contributed by atoms with van der Waals surface area (Å²) in [7, 11) is 0. The summed E-state index contributed by atoms with van der Waals surface area (Å²) in [4.78, 5) is 17.6. The molecule has 5 heteroatoms. The molecule has 1 amide bonds. The predicted molar refractivity (Wildman–Crippen MR) is 57.5 cm³/mol. The molecule has 1 aromatic rings. The van der Waals surface area contributed by atoms with Gasteiger partial charge in [-0.3, -0.25) is 4.79 Å². The molecule has 0 saturated carbocycles. The van der Waals surface area contributed by atoms with E-state index in [4.69, 9.17) is 5.11 Å². The molecule has 2 heterocycles. The Kier molecular flexibility index (Phi) is 3.02. The Labute approximate surface area is 92.6 Å². The second-order valence-electron chi connectivity index (χ2n) is 3.91. The highest BCUT2D eigenvalue weighted by atomic mass is 32.1. The second kappa shape index (κ2) is 4.28. The van der Waals surface area contributed by atoms with Crippen molar-refractivity contribution in [3.63, 3.8) is 0 Å². The van der Waals surface area contributed by atoms with Gasteiger partial charge < -0.3 is 10.0 Å². The van der Waals surface area contributed by atoms with Gasteiger partial charge in [0.25, 0.3) is 0 Å². The first kappa shape index (κ1) is 10.6. The number of carbonyl (C=O) groups is 1. The second-order valence-corrected chi connectivity index (χ2v) is 4.85. The first-order valence-electron chi connectivity index (χ1n) is 4.98. The third-order valence-electron chi connectivity index (χ3n) is 2.55. The SMILES string of the molecule is Cc1csc(CN2CC(CO)CC2=O)n1. The molecule has 0 radical (unpaired) electrons. The van der Waals surface area contributed by atoms with Gasteiger partial charge in [0.1, 0.15) is 5.01 Å². The molecule has 1 saturated heterocycles. The quantitative estimate of drug-likeness (QED) is 0.829. The molecule has 82 valence electrons. The van der Waals surface area contributed by atoms with Gasteiger partial charge in [-0.1, -0.05) is 0 Å². The zero-order chi connectivity index (χ0) is 10.8. The van der Waals surface area contributed by atoms with Crippen LogP contribution >= 0.6 is 11.3 Å². The molecular formula is C10H14N2O2S. The number of aliphatic hydroxyl groups is 1. The Morgan fingerprint density at radius 3 is 3.07 bits per heavy atom. The number of rotatable bonds is 3. The molecule has 1 aliphatic rings. The molecule has 1 aromatic heterocycles. The monoisotopic (exact) mass is 226 g/mol. The average molecular weight is 226 g/mol. The molecule has 1 atom stereocenters. The van der Waals surface area contributed by atoms with Crippen molar-refractivity contribution in [1.82, 2.24) is 9.88 Å². The van der Waals surface area contributed by atoms with Gasteiger partial charge >= 0.3 is 0 Å². The van der Waals surface area contributed by atoms with Crippen LogP contribution in [0.25, 0.3) is 0 Å². The predicted octanol–water partition coefficient (Wildman–Crippen LogP) is 0.792. The van der Waals surface area contributed by atoms with Crippen molar-refractivity contribution in [2.24, 2.45) is 5.92 Å². The lowest BCUT2D eigenvalue weighted by atomic mass is 10.1. The number of likely N-dealkylation sites (tertiary alicyclic amines) is 1. The molecule has 0 spiro atoms. The maximum atomic E-state index is 11.5. The van der Waals surface area contributed by atoms with E-state index in [-0.39, 0.29) is 18.4 Å². The highest BCUT2D eigenvalue weighted by Gasteiger charge is 2.29. The lowest BCUT2D eigenvalue weighted by Gasteiger charge is -2.14. The first-order valence-corrected chi connectivity index (χ1v) is 5.86. The topological polar surface area (TPSA) is 53.4 Å². The zero-order valence-corrected chi connectivity index (χ0v) is 9.46. The van der Waals surface area contributed by atoms with Crippen molar-refractivity contribution in [1.29, 1.82) is 0 Å². The van der Waals surface area contributed by atoms with E-state index in [2.05, 4.69) is 4.98 Å². The van der Waals surface area contributed by atoms with E-state index in [1.165, 1.54) is 0 Å².